The minimum atomic E-state index is -0.159. The van der Waals surface area contributed by atoms with Crippen LogP contribution in [-0.4, -0.2) is 72.3 Å². The molecule has 7 nitrogen and oxygen atoms in total. The second-order valence-corrected chi connectivity index (χ2v) is 8.35. The third kappa shape index (κ3) is 3.99. The van der Waals surface area contributed by atoms with Crippen LogP contribution < -0.4 is 10.2 Å². The number of amides is 1. The Morgan fingerprint density at radius 3 is 2.62 bits per heavy atom. The summed E-state index contributed by atoms with van der Waals surface area (Å²) in [6.45, 7) is 10.9. The molecule has 2 aliphatic rings. The number of hydrogen-bond acceptors (Lipinski definition) is 6. The standard InChI is InChI=1S/C19H31N5O2/c1-12-13(2)20-16(18(25)23(5)6)22-17(12)24-8-7-14(10-24)21-15-9-19(3,4)26-11-15/h14-15,21H,7-11H2,1-6H3/t14-,15?/m1/s1. The van der Waals surface area contributed by atoms with E-state index in [9.17, 15) is 4.79 Å². The van der Waals surface area contributed by atoms with Crippen molar-refractivity contribution in [3.8, 4) is 0 Å². The van der Waals surface area contributed by atoms with Crippen molar-refractivity contribution < 1.29 is 9.53 Å². The zero-order valence-electron chi connectivity index (χ0n) is 16.8. The van der Waals surface area contributed by atoms with Gasteiger partial charge in [-0.05, 0) is 40.5 Å². The van der Waals surface area contributed by atoms with E-state index in [2.05, 4.69) is 34.0 Å². The van der Waals surface area contributed by atoms with E-state index in [1.807, 2.05) is 13.8 Å². The van der Waals surface area contributed by atoms with Crippen molar-refractivity contribution in [1.29, 1.82) is 0 Å². The molecule has 2 fully saturated rings. The van der Waals surface area contributed by atoms with E-state index in [0.29, 0.717) is 12.1 Å². The average molecular weight is 361 g/mol. The van der Waals surface area contributed by atoms with Crippen molar-refractivity contribution in [2.75, 3.05) is 38.7 Å². The molecule has 1 amide bonds. The first-order valence-corrected chi connectivity index (χ1v) is 9.38. The zero-order valence-corrected chi connectivity index (χ0v) is 16.8. The lowest BCUT2D eigenvalue weighted by atomic mass is 10.0. The third-order valence-corrected chi connectivity index (χ3v) is 5.33. The maximum Gasteiger partial charge on any atom is 0.291 e. The monoisotopic (exact) mass is 361 g/mol. The minimum absolute atomic E-state index is 0.0300. The van der Waals surface area contributed by atoms with Gasteiger partial charge in [0.05, 0.1) is 12.2 Å². The molecule has 1 aromatic rings. The number of aromatic nitrogens is 2. The van der Waals surface area contributed by atoms with Gasteiger partial charge in [-0.15, -0.1) is 0 Å². The average Bonchev–Trinajstić information content (AvgIpc) is 3.15. The Hall–Kier alpha value is -1.73. The SMILES string of the molecule is Cc1nc(C(=O)N(C)C)nc(N2CC[C@@H](NC3COC(C)(C)C3)C2)c1C. The first-order chi connectivity index (χ1) is 12.2. The maximum absolute atomic E-state index is 12.3. The molecule has 2 saturated heterocycles. The predicted molar refractivity (Wildman–Crippen MR) is 102 cm³/mol. The van der Waals surface area contributed by atoms with Gasteiger partial charge in [0.15, 0.2) is 0 Å². The van der Waals surface area contributed by atoms with Crippen LogP contribution in [0.1, 0.15) is 48.6 Å². The molecular formula is C19H31N5O2. The van der Waals surface area contributed by atoms with Crippen LogP contribution in [0.25, 0.3) is 0 Å². The van der Waals surface area contributed by atoms with Gasteiger partial charge in [0.1, 0.15) is 5.82 Å². The quantitative estimate of drug-likeness (QED) is 0.877. The van der Waals surface area contributed by atoms with E-state index in [-0.39, 0.29) is 17.3 Å². The van der Waals surface area contributed by atoms with Crippen molar-refractivity contribution in [3.05, 3.63) is 17.1 Å². The predicted octanol–water partition coefficient (Wildman–Crippen LogP) is 1.53. The lowest BCUT2D eigenvalue weighted by Crippen LogP contribution is -2.41. The number of ether oxygens (including phenoxy) is 1. The fraction of sp³-hybridized carbons (Fsp3) is 0.737. The van der Waals surface area contributed by atoms with Crippen LogP contribution in [0.5, 0.6) is 0 Å². The first kappa shape index (κ1) is 19.0. The van der Waals surface area contributed by atoms with Gasteiger partial charge in [-0.25, -0.2) is 9.97 Å². The van der Waals surface area contributed by atoms with Gasteiger partial charge in [0, 0.05) is 50.5 Å². The van der Waals surface area contributed by atoms with Gasteiger partial charge in [-0.3, -0.25) is 4.79 Å². The number of carbonyl (C=O) groups is 1. The highest BCUT2D eigenvalue weighted by atomic mass is 16.5. The molecule has 0 bridgehead atoms. The smallest absolute Gasteiger partial charge is 0.291 e. The topological polar surface area (TPSA) is 70.6 Å². The summed E-state index contributed by atoms with van der Waals surface area (Å²) < 4.78 is 5.84. The Balaban J connectivity index is 1.71. The number of aryl methyl sites for hydroxylation is 1. The molecule has 26 heavy (non-hydrogen) atoms. The summed E-state index contributed by atoms with van der Waals surface area (Å²) in [5, 5.41) is 3.74. The van der Waals surface area contributed by atoms with Crippen molar-refractivity contribution in [3.63, 3.8) is 0 Å². The Morgan fingerprint density at radius 2 is 2.00 bits per heavy atom. The van der Waals surface area contributed by atoms with E-state index in [1.54, 1.807) is 14.1 Å². The van der Waals surface area contributed by atoms with Crippen molar-refractivity contribution >= 4 is 11.7 Å². The summed E-state index contributed by atoms with van der Waals surface area (Å²) in [6.07, 6.45) is 2.10. The van der Waals surface area contributed by atoms with Crippen molar-refractivity contribution in [1.82, 2.24) is 20.2 Å². The van der Waals surface area contributed by atoms with Crippen LogP contribution in [0.4, 0.5) is 5.82 Å². The molecule has 1 aromatic heterocycles. The summed E-state index contributed by atoms with van der Waals surface area (Å²) in [7, 11) is 3.45. The molecule has 2 atom stereocenters. The molecule has 1 unspecified atom stereocenters. The minimum Gasteiger partial charge on any atom is -0.374 e. The molecule has 0 saturated carbocycles. The summed E-state index contributed by atoms with van der Waals surface area (Å²) in [5.41, 5.74) is 1.88. The normalized spacial score (nSPS) is 24.9. The zero-order chi connectivity index (χ0) is 19.1. The van der Waals surface area contributed by atoms with E-state index in [4.69, 9.17) is 4.74 Å². The van der Waals surface area contributed by atoms with Crippen LogP contribution in [0.2, 0.25) is 0 Å². The Labute approximate surface area is 156 Å². The molecule has 144 valence electrons. The number of carbonyl (C=O) groups excluding carboxylic acids is 1. The number of hydrogen-bond donors (Lipinski definition) is 1. The first-order valence-electron chi connectivity index (χ1n) is 9.38. The largest absolute Gasteiger partial charge is 0.374 e. The van der Waals surface area contributed by atoms with Gasteiger partial charge in [0.2, 0.25) is 5.82 Å². The highest BCUT2D eigenvalue weighted by molar-refractivity contribution is 5.90. The second-order valence-electron chi connectivity index (χ2n) is 8.35. The van der Waals surface area contributed by atoms with Crippen LogP contribution in [-0.2, 0) is 4.74 Å². The van der Waals surface area contributed by atoms with E-state index < -0.39 is 0 Å². The highest BCUT2D eigenvalue weighted by Gasteiger charge is 2.35. The number of anilines is 1. The molecular weight excluding hydrogens is 330 g/mol. The molecule has 2 aliphatic heterocycles. The van der Waals surface area contributed by atoms with E-state index in [0.717, 1.165) is 49.6 Å². The molecule has 0 radical (unpaired) electrons. The van der Waals surface area contributed by atoms with Crippen molar-refractivity contribution in [2.24, 2.45) is 0 Å². The lowest BCUT2D eigenvalue weighted by Gasteiger charge is -2.23. The van der Waals surface area contributed by atoms with E-state index in [1.165, 1.54) is 4.90 Å². The van der Waals surface area contributed by atoms with Gasteiger partial charge in [-0.2, -0.15) is 0 Å². The van der Waals surface area contributed by atoms with Gasteiger partial charge < -0.3 is 19.9 Å². The number of rotatable bonds is 4. The molecule has 7 heteroatoms. The molecule has 3 rings (SSSR count). The highest BCUT2D eigenvalue weighted by Crippen LogP contribution is 2.27. The lowest BCUT2D eigenvalue weighted by molar-refractivity contribution is 0.0356. The van der Waals surface area contributed by atoms with Crippen LogP contribution in [0.15, 0.2) is 0 Å². The Bertz CT molecular complexity index is 689. The van der Waals surface area contributed by atoms with Gasteiger partial charge >= 0.3 is 0 Å². The summed E-state index contributed by atoms with van der Waals surface area (Å²) in [4.78, 5) is 25.1. The summed E-state index contributed by atoms with van der Waals surface area (Å²) >= 11 is 0. The number of nitrogens with zero attached hydrogens (tertiary/aromatic N) is 4. The van der Waals surface area contributed by atoms with Crippen molar-refractivity contribution in [2.45, 2.75) is 58.2 Å². The maximum atomic E-state index is 12.3. The number of nitrogens with one attached hydrogen (secondary N) is 1. The van der Waals surface area contributed by atoms with E-state index >= 15 is 0 Å². The van der Waals surface area contributed by atoms with Gasteiger partial charge in [0.25, 0.3) is 5.91 Å². The van der Waals surface area contributed by atoms with Crippen LogP contribution >= 0.6 is 0 Å². The second kappa shape index (κ2) is 7.12. The fourth-order valence-corrected chi connectivity index (χ4v) is 3.78. The summed E-state index contributed by atoms with van der Waals surface area (Å²) in [6, 6.07) is 0.828. The Kier molecular flexibility index (Phi) is 5.21. The molecule has 3 heterocycles. The Morgan fingerprint density at radius 1 is 1.27 bits per heavy atom. The van der Waals surface area contributed by atoms with Gasteiger partial charge in [-0.1, -0.05) is 0 Å². The summed E-state index contributed by atoms with van der Waals surface area (Å²) in [5.74, 6) is 0.999. The fourth-order valence-electron chi connectivity index (χ4n) is 3.78. The van der Waals surface area contributed by atoms with Crippen LogP contribution in [0, 0.1) is 13.8 Å². The van der Waals surface area contributed by atoms with Crippen LogP contribution in [0.3, 0.4) is 0 Å². The molecule has 0 aliphatic carbocycles. The molecule has 0 spiro atoms. The molecule has 1 N–H and O–H groups in total. The third-order valence-electron chi connectivity index (χ3n) is 5.33. The molecule has 0 aromatic carbocycles.